The van der Waals surface area contributed by atoms with Crippen LogP contribution in [0.5, 0.6) is 0 Å². The molecule has 0 heterocycles. The zero-order valence-corrected chi connectivity index (χ0v) is 10.2. The first-order chi connectivity index (χ1) is 6.67. The van der Waals surface area contributed by atoms with Gasteiger partial charge < -0.3 is 0 Å². The average molecular weight is 213 g/mol. The Labute approximate surface area is 93.0 Å². The Morgan fingerprint density at radius 3 is 2.64 bits per heavy atom. The highest BCUT2D eigenvalue weighted by molar-refractivity contribution is 6.18. The van der Waals surface area contributed by atoms with Gasteiger partial charge in [0.15, 0.2) is 0 Å². The van der Waals surface area contributed by atoms with Crippen molar-refractivity contribution in [2.24, 2.45) is 17.3 Å². The molecule has 0 N–H and O–H groups in total. The molecule has 3 atom stereocenters. The lowest BCUT2D eigenvalue weighted by Crippen LogP contribution is -2.35. The fourth-order valence-electron chi connectivity index (χ4n) is 2.41. The van der Waals surface area contributed by atoms with Gasteiger partial charge in [0, 0.05) is 11.3 Å². The summed E-state index contributed by atoms with van der Waals surface area (Å²) in [6, 6.07) is 0. The van der Waals surface area contributed by atoms with Crippen LogP contribution in [0, 0.1) is 17.3 Å². The molecule has 0 bridgehead atoms. The molecule has 3 unspecified atom stereocenters. The van der Waals surface area contributed by atoms with E-state index in [0.717, 1.165) is 5.88 Å². The number of rotatable bonds is 4. The van der Waals surface area contributed by atoms with Crippen molar-refractivity contribution < 1.29 is 0 Å². The maximum absolute atomic E-state index is 6.18. The molecule has 0 fully saturated rings. The summed E-state index contributed by atoms with van der Waals surface area (Å²) in [4.78, 5) is 0. The minimum atomic E-state index is 0.187. The highest BCUT2D eigenvalue weighted by Gasteiger charge is 2.37. The highest BCUT2D eigenvalue weighted by Crippen LogP contribution is 2.43. The zero-order valence-electron chi connectivity index (χ0n) is 9.46. The molecular formula is C13H21Cl. The third-order valence-electron chi connectivity index (χ3n) is 3.64. The van der Waals surface area contributed by atoms with E-state index in [-0.39, 0.29) is 5.41 Å². The molecule has 0 saturated carbocycles. The van der Waals surface area contributed by atoms with E-state index in [9.17, 15) is 0 Å². The molecule has 1 aliphatic carbocycles. The van der Waals surface area contributed by atoms with E-state index in [1.165, 1.54) is 12.8 Å². The summed E-state index contributed by atoms with van der Waals surface area (Å²) in [5.74, 6) is 1.96. The fourth-order valence-corrected chi connectivity index (χ4v) is 3.01. The third-order valence-corrected chi connectivity index (χ3v) is 4.10. The van der Waals surface area contributed by atoms with Gasteiger partial charge in [-0.1, -0.05) is 57.9 Å². The first kappa shape index (κ1) is 11.8. The van der Waals surface area contributed by atoms with Gasteiger partial charge in [0.2, 0.25) is 0 Å². The van der Waals surface area contributed by atoms with Gasteiger partial charge in [-0.25, -0.2) is 0 Å². The van der Waals surface area contributed by atoms with Crippen LogP contribution in [0.2, 0.25) is 0 Å². The smallest absolute Gasteiger partial charge is 0.0322 e. The number of hydrogen-bond acceptors (Lipinski definition) is 0. The summed E-state index contributed by atoms with van der Waals surface area (Å²) in [6.07, 6.45) is 11.4. The zero-order chi connectivity index (χ0) is 10.6. The van der Waals surface area contributed by atoms with E-state index >= 15 is 0 Å². The summed E-state index contributed by atoms with van der Waals surface area (Å²) in [7, 11) is 0. The standard InChI is InChI=1S/C13H21Cl/c1-4-7-11(2)13(10-14)9-6-5-8-12(13)3/h5-6,8-9,11-12H,4,7,10H2,1-3H3. The summed E-state index contributed by atoms with van der Waals surface area (Å²) in [5.41, 5.74) is 0.187. The van der Waals surface area contributed by atoms with Crippen LogP contribution in [-0.4, -0.2) is 5.88 Å². The van der Waals surface area contributed by atoms with E-state index in [4.69, 9.17) is 11.6 Å². The van der Waals surface area contributed by atoms with Crippen molar-refractivity contribution in [3.63, 3.8) is 0 Å². The van der Waals surface area contributed by atoms with Crippen LogP contribution < -0.4 is 0 Å². The maximum atomic E-state index is 6.18. The molecule has 0 saturated heterocycles. The second-order valence-electron chi connectivity index (χ2n) is 4.47. The van der Waals surface area contributed by atoms with Crippen LogP contribution in [0.3, 0.4) is 0 Å². The van der Waals surface area contributed by atoms with Gasteiger partial charge in [-0.2, -0.15) is 0 Å². The van der Waals surface area contributed by atoms with Gasteiger partial charge in [0.1, 0.15) is 0 Å². The molecule has 0 aromatic carbocycles. The Morgan fingerprint density at radius 2 is 2.14 bits per heavy atom. The summed E-state index contributed by atoms with van der Waals surface area (Å²) >= 11 is 6.18. The second-order valence-corrected chi connectivity index (χ2v) is 4.74. The largest absolute Gasteiger partial charge is 0.126 e. The number of allylic oxidation sites excluding steroid dienone is 4. The Balaban J connectivity index is 2.84. The van der Waals surface area contributed by atoms with Crippen LogP contribution in [0.4, 0.5) is 0 Å². The number of alkyl halides is 1. The number of hydrogen-bond donors (Lipinski definition) is 0. The lowest BCUT2D eigenvalue weighted by atomic mass is 9.66. The predicted octanol–water partition coefficient (Wildman–Crippen LogP) is 4.41. The molecule has 1 aliphatic rings. The second kappa shape index (κ2) is 5.02. The SMILES string of the molecule is CCCC(C)C1(CCl)C=CC=CC1C. The van der Waals surface area contributed by atoms with E-state index in [2.05, 4.69) is 45.1 Å². The molecule has 0 aromatic heterocycles. The first-order valence-electron chi connectivity index (χ1n) is 5.59. The quantitative estimate of drug-likeness (QED) is 0.606. The van der Waals surface area contributed by atoms with E-state index in [1.807, 2.05) is 0 Å². The van der Waals surface area contributed by atoms with Crippen LogP contribution in [0.25, 0.3) is 0 Å². The molecule has 0 amide bonds. The molecule has 0 radical (unpaired) electrons. The molecular weight excluding hydrogens is 192 g/mol. The van der Waals surface area contributed by atoms with Gasteiger partial charge in [0.05, 0.1) is 0 Å². The maximum Gasteiger partial charge on any atom is 0.0322 e. The van der Waals surface area contributed by atoms with Crippen molar-refractivity contribution in [2.75, 3.05) is 5.88 Å². The Kier molecular flexibility index (Phi) is 4.25. The summed E-state index contributed by atoms with van der Waals surface area (Å²) in [5, 5.41) is 0. The Bertz CT molecular complexity index is 229. The van der Waals surface area contributed by atoms with Crippen LogP contribution in [-0.2, 0) is 0 Å². The Hall–Kier alpha value is -0.230. The van der Waals surface area contributed by atoms with Crippen LogP contribution in [0.15, 0.2) is 24.3 Å². The predicted molar refractivity (Wildman–Crippen MR) is 64.7 cm³/mol. The molecule has 0 spiro atoms. The van der Waals surface area contributed by atoms with Gasteiger partial charge in [-0.3, -0.25) is 0 Å². The van der Waals surface area contributed by atoms with Gasteiger partial charge in [-0.15, -0.1) is 11.6 Å². The molecule has 0 aromatic rings. The molecule has 80 valence electrons. The lowest BCUT2D eigenvalue weighted by Gasteiger charge is -2.40. The summed E-state index contributed by atoms with van der Waals surface area (Å²) < 4.78 is 0. The lowest BCUT2D eigenvalue weighted by molar-refractivity contribution is 0.202. The minimum Gasteiger partial charge on any atom is -0.126 e. The van der Waals surface area contributed by atoms with E-state index in [0.29, 0.717) is 11.8 Å². The van der Waals surface area contributed by atoms with Crippen LogP contribution >= 0.6 is 11.6 Å². The van der Waals surface area contributed by atoms with Gasteiger partial charge in [-0.05, 0) is 11.8 Å². The van der Waals surface area contributed by atoms with Crippen molar-refractivity contribution in [3.05, 3.63) is 24.3 Å². The molecule has 0 aliphatic heterocycles. The van der Waals surface area contributed by atoms with Gasteiger partial charge >= 0.3 is 0 Å². The van der Waals surface area contributed by atoms with Crippen molar-refractivity contribution >= 4 is 11.6 Å². The van der Waals surface area contributed by atoms with Crippen LogP contribution in [0.1, 0.15) is 33.6 Å². The average Bonchev–Trinajstić information content (AvgIpc) is 2.19. The monoisotopic (exact) mass is 212 g/mol. The summed E-state index contributed by atoms with van der Waals surface area (Å²) in [6.45, 7) is 6.84. The third kappa shape index (κ3) is 2.06. The topological polar surface area (TPSA) is 0 Å². The van der Waals surface area contributed by atoms with Crippen molar-refractivity contribution in [1.29, 1.82) is 0 Å². The Morgan fingerprint density at radius 1 is 1.43 bits per heavy atom. The first-order valence-corrected chi connectivity index (χ1v) is 6.12. The molecule has 1 heteroatoms. The minimum absolute atomic E-state index is 0.187. The van der Waals surface area contributed by atoms with Crippen molar-refractivity contribution in [2.45, 2.75) is 33.6 Å². The molecule has 0 nitrogen and oxygen atoms in total. The normalized spacial score (nSPS) is 33.3. The fraction of sp³-hybridized carbons (Fsp3) is 0.692. The molecule has 14 heavy (non-hydrogen) atoms. The van der Waals surface area contributed by atoms with Crippen molar-refractivity contribution in [3.8, 4) is 0 Å². The van der Waals surface area contributed by atoms with Gasteiger partial charge in [0.25, 0.3) is 0 Å². The van der Waals surface area contributed by atoms with E-state index < -0.39 is 0 Å². The number of halogens is 1. The van der Waals surface area contributed by atoms with E-state index in [1.54, 1.807) is 0 Å². The molecule has 1 rings (SSSR count). The highest BCUT2D eigenvalue weighted by atomic mass is 35.5. The van der Waals surface area contributed by atoms with Crippen molar-refractivity contribution in [1.82, 2.24) is 0 Å².